The quantitative estimate of drug-likeness (QED) is 0.865. The first-order valence-corrected chi connectivity index (χ1v) is 9.95. The van der Waals surface area contributed by atoms with Gasteiger partial charge in [-0.25, -0.2) is 4.98 Å². The fourth-order valence-corrected chi connectivity index (χ4v) is 4.40. The summed E-state index contributed by atoms with van der Waals surface area (Å²) in [5.41, 5.74) is 5.84. The number of nitrogens with one attached hydrogen (secondary N) is 1. The van der Waals surface area contributed by atoms with Crippen molar-refractivity contribution in [2.24, 2.45) is 0 Å². The van der Waals surface area contributed by atoms with Gasteiger partial charge in [0.1, 0.15) is 5.82 Å². The van der Waals surface area contributed by atoms with Gasteiger partial charge in [0.2, 0.25) is 0 Å². The van der Waals surface area contributed by atoms with Crippen LogP contribution in [0.4, 0.5) is 5.82 Å². The van der Waals surface area contributed by atoms with Crippen LogP contribution in [0.25, 0.3) is 11.3 Å². The van der Waals surface area contributed by atoms with Crippen molar-refractivity contribution >= 4 is 5.82 Å². The molecule has 1 aromatic carbocycles. The maximum Gasteiger partial charge on any atom is 0.129 e. The summed E-state index contributed by atoms with van der Waals surface area (Å²) >= 11 is 0. The standard InChI is InChI=1S/C23H31N3/c1-22(2)10-11-23(3,4)19-16-17(8-9-18(19)22)20-6-5-7-21(25-20)26-14-12-24-13-15-26/h5-9,16,24H,10-15H2,1-4H3. The summed E-state index contributed by atoms with van der Waals surface area (Å²) in [5.74, 6) is 1.10. The zero-order valence-electron chi connectivity index (χ0n) is 16.6. The van der Waals surface area contributed by atoms with Gasteiger partial charge in [0.25, 0.3) is 0 Å². The number of anilines is 1. The highest BCUT2D eigenvalue weighted by atomic mass is 15.2. The Hall–Kier alpha value is -1.87. The number of fused-ring (bicyclic) bond motifs is 1. The molecule has 1 aliphatic heterocycles. The maximum atomic E-state index is 5.00. The van der Waals surface area contributed by atoms with E-state index < -0.39 is 0 Å². The summed E-state index contributed by atoms with van der Waals surface area (Å²) in [7, 11) is 0. The van der Waals surface area contributed by atoms with E-state index in [4.69, 9.17) is 4.98 Å². The first-order chi connectivity index (χ1) is 12.4. The molecule has 1 N–H and O–H groups in total. The van der Waals surface area contributed by atoms with E-state index in [0.29, 0.717) is 0 Å². The van der Waals surface area contributed by atoms with E-state index in [9.17, 15) is 0 Å². The molecule has 2 heterocycles. The molecular formula is C23H31N3. The van der Waals surface area contributed by atoms with Crippen LogP contribution < -0.4 is 10.2 Å². The van der Waals surface area contributed by atoms with Gasteiger partial charge in [0.15, 0.2) is 0 Å². The molecule has 3 heteroatoms. The molecule has 1 saturated heterocycles. The lowest BCUT2D eigenvalue weighted by Crippen LogP contribution is -2.43. The van der Waals surface area contributed by atoms with E-state index in [0.717, 1.165) is 37.7 Å². The Balaban J connectivity index is 1.73. The Morgan fingerprint density at radius 3 is 2.31 bits per heavy atom. The Morgan fingerprint density at radius 1 is 0.885 bits per heavy atom. The molecule has 0 spiro atoms. The number of nitrogens with zero attached hydrogens (tertiary/aromatic N) is 2. The fourth-order valence-electron chi connectivity index (χ4n) is 4.40. The van der Waals surface area contributed by atoms with Crippen LogP contribution in [-0.2, 0) is 10.8 Å². The molecule has 0 bridgehead atoms. The zero-order valence-corrected chi connectivity index (χ0v) is 16.6. The van der Waals surface area contributed by atoms with Crippen molar-refractivity contribution in [3.05, 3.63) is 47.5 Å². The van der Waals surface area contributed by atoms with Gasteiger partial charge in [-0.05, 0) is 53.0 Å². The van der Waals surface area contributed by atoms with Gasteiger partial charge in [0, 0.05) is 31.7 Å². The highest BCUT2D eigenvalue weighted by molar-refractivity contribution is 5.65. The van der Waals surface area contributed by atoms with Gasteiger partial charge >= 0.3 is 0 Å². The molecule has 0 saturated carbocycles. The van der Waals surface area contributed by atoms with Crippen LogP contribution in [-0.4, -0.2) is 31.2 Å². The van der Waals surface area contributed by atoms with Gasteiger partial charge in [-0.1, -0.05) is 45.9 Å². The lowest BCUT2D eigenvalue weighted by Gasteiger charge is -2.42. The van der Waals surface area contributed by atoms with E-state index in [2.05, 4.69) is 74.3 Å². The Kier molecular flexibility index (Phi) is 4.31. The number of rotatable bonds is 2. The van der Waals surface area contributed by atoms with Crippen molar-refractivity contribution < 1.29 is 0 Å². The average Bonchev–Trinajstić information content (AvgIpc) is 2.66. The summed E-state index contributed by atoms with van der Waals surface area (Å²) in [5, 5.41) is 3.41. The van der Waals surface area contributed by atoms with Crippen LogP contribution in [0.5, 0.6) is 0 Å². The van der Waals surface area contributed by atoms with Crippen molar-refractivity contribution in [3.63, 3.8) is 0 Å². The molecule has 4 rings (SSSR count). The third-order valence-electron chi connectivity index (χ3n) is 6.32. The molecule has 1 aromatic heterocycles. The molecule has 1 aliphatic carbocycles. The molecule has 2 aliphatic rings. The topological polar surface area (TPSA) is 28.2 Å². The van der Waals surface area contributed by atoms with Gasteiger partial charge in [-0.2, -0.15) is 0 Å². The van der Waals surface area contributed by atoms with Crippen LogP contribution in [0, 0.1) is 0 Å². The third-order valence-corrected chi connectivity index (χ3v) is 6.32. The molecule has 3 nitrogen and oxygen atoms in total. The zero-order chi connectivity index (χ0) is 18.4. The number of aromatic nitrogens is 1. The molecule has 26 heavy (non-hydrogen) atoms. The van der Waals surface area contributed by atoms with Crippen molar-refractivity contribution in [3.8, 4) is 11.3 Å². The summed E-state index contributed by atoms with van der Waals surface area (Å²) in [6.07, 6.45) is 2.49. The number of benzene rings is 1. The molecule has 2 aromatic rings. The second kappa shape index (κ2) is 6.38. The van der Waals surface area contributed by atoms with Crippen molar-refractivity contribution in [2.45, 2.75) is 51.4 Å². The van der Waals surface area contributed by atoms with Gasteiger partial charge in [-0.3, -0.25) is 0 Å². The fraction of sp³-hybridized carbons (Fsp3) is 0.522. The average molecular weight is 350 g/mol. The predicted molar refractivity (Wildman–Crippen MR) is 110 cm³/mol. The Labute approximate surface area is 157 Å². The predicted octanol–water partition coefficient (Wildman–Crippen LogP) is 4.51. The Morgan fingerprint density at radius 2 is 1.58 bits per heavy atom. The lowest BCUT2D eigenvalue weighted by molar-refractivity contribution is 0.332. The van der Waals surface area contributed by atoms with E-state index in [-0.39, 0.29) is 10.8 Å². The first kappa shape index (κ1) is 17.5. The van der Waals surface area contributed by atoms with E-state index >= 15 is 0 Å². The summed E-state index contributed by atoms with van der Waals surface area (Å²) < 4.78 is 0. The minimum Gasteiger partial charge on any atom is -0.354 e. The van der Waals surface area contributed by atoms with Crippen LogP contribution >= 0.6 is 0 Å². The van der Waals surface area contributed by atoms with Gasteiger partial charge in [-0.15, -0.1) is 0 Å². The summed E-state index contributed by atoms with van der Waals surface area (Å²) in [6, 6.07) is 13.5. The smallest absolute Gasteiger partial charge is 0.129 e. The molecule has 0 atom stereocenters. The second-order valence-corrected chi connectivity index (χ2v) is 9.15. The maximum absolute atomic E-state index is 5.00. The van der Waals surface area contributed by atoms with Crippen LogP contribution in [0.2, 0.25) is 0 Å². The molecular weight excluding hydrogens is 318 g/mol. The lowest BCUT2D eigenvalue weighted by atomic mass is 9.63. The normalized spacial score (nSPS) is 21.3. The van der Waals surface area contributed by atoms with Crippen molar-refractivity contribution in [2.75, 3.05) is 31.1 Å². The van der Waals surface area contributed by atoms with Crippen LogP contribution in [0.15, 0.2) is 36.4 Å². The summed E-state index contributed by atoms with van der Waals surface area (Å²) in [4.78, 5) is 7.38. The number of piperazine rings is 1. The van der Waals surface area contributed by atoms with Gasteiger partial charge < -0.3 is 10.2 Å². The molecule has 1 fully saturated rings. The van der Waals surface area contributed by atoms with Crippen LogP contribution in [0.1, 0.15) is 51.7 Å². The van der Waals surface area contributed by atoms with Crippen LogP contribution in [0.3, 0.4) is 0 Å². The molecule has 138 valence electrons. The highest BCUT2D eigenvalue weighted by Crippen LogP contribution is 2.46. The first-order valence-electron chi connectivity index (χ1n) is 9.95. The Bertz CT molecular complexity index is 801. The largest absolute Gasteiger partial charge is 0.354 e. The summed E-state index contributed by atoms with van der Waals surface area (Å²) in [6.45, 7) is 13.7. The monoisotopic (exact) mass is 349 g/mol. The molecule has 0 unspecified atom stereocenters. The van der Waals surface area contributed by atoms with E-state index in [1.54, 1.807) is 0 Å². The molecule has 0 amide bonds. The SMILES string of the molecule is CC1(C)CCC(C)(C)c2cc(-c3cccc(N4CCNCC4)n3)ccc21. The van der Waals surface area contributed by atoms with Gasteiger partial charge in [0.05, 0.1) is 5.69 Å². The van der Waals surface area contributed by atoms with E-state index in [1.165, 1.54) is 29.5 Å². The minimum absolute atomic E-state index is 0.233. The number of hydrogen-bond acceptors (Lipinski definition) is 3. The molecule has 0 radical (unpaired) electrons. The van der Waals surface area contributed by atoms with Crippen molar-refractivity contribution in [1.82, 2.24) is 10.3 Å². The number of hydrogen-bond donors (Lipinski definition) is 1. The van der Waals surface area contributed by atoms with Crippen molar-refractivity contribution in [1.29, 1.82) is 0 Å². The second-order valence-electron chi connectivity index (χ2n) is 9.15. The number of pyridine rings is 1. The van der Waals surface area contributed by atoms with E-state index in [1.807, 2.05) is 0 Å². The third kappa shape index (κ3) is 3.14. The minimum atomic E-state index is 0.233. The highest BCUT2D eigenvalue weighted by Gasteiger charge is 2.37.